The number of Topliss-reactive ketones (excluding diaryl/α,β-unsaturated/α-hetero) is 1. The molecule has 0 aliphatic heterocycles. The molecule has 3 rings (SSSR count). The molecule has 156 valence electrons. The van der Waals surface area contributed by atoms with Gasteiger partial charge in [-0.1, -0.05) is 29.4 Å². The van der Waals surface area contributed by atoms with E-state index in [0.29, 0.717) is 13.0 Å². The molecule has 0 aliphatic carbocycles. The first-order valence-electron chi connectivity index (χ1n) is 9.98. The van der Waals surface area contributed by atoms with Crippen molar-refractivity contribution in [2.24, 2.45) is 0 Å². The van der Waals surface area contributed by atoms with Crippen molar-refractivity contribution in [2.75, 3.05) is 5.32 Å². The van der Waals surface area contributed by atoms with Crippen LogP contribution in [0.25, 0.3) is 0 Å². The van der Waals surface area contributed by atoms with Crippen LogP contribution >= 0.6 is 0 Å². The van der Waals surface area contributed by atoms with Gasteiger partial charge in [-0.05, 0) is 50.1 Å². The van der Waals surface area contributed by atoms with Gasteiger partial charge in [-0.25, -0.2) is 0 Å². The second-order valence-corrected chi connectivity index (χ2v) is 7.61. The molecule has 0 spiro atoms. The monoisotopic (exact) mass is 405 g/mol. The largest absolute Gasteiger partial charge is 0.489 e. The maximum absolute atomic E-state index is 11.7. The van der Waals surface area contributed by atoms with Gasteiger partial charge in [0.25, 0.3) is 0 Å². The Morgan fingerprint density at radius 3 is 2.57 bits per heavy atom. The highest BCUT2D eigenvalue weighted by Crippen LogP contribution is 2.29. The maximum Gasteiger partial charge on any atom is 0.130 e. The average molecular weight is 405 g/mol. The average Bonchev–Trinajstić information content (AvgIpc) is 3.25. The fourth-order valence-electron chi connectivity index (χ4n) is 3.30. The summed E-state index contributed by atoms with van der Waals surface area (Å²) in [6.07, 6.45) is 3.24. The van der Waals surface area contributed by atoms with Gasteiger partial charge in [0.05, 0.1) is 5.69 Å². The van der Waals surface area contributed by atoms with Crippen LogP contribution in [0.2, 0.25) is 0 Å². The van der Waals surface area contributed by atoms with E-state index in [0.717, 1.165) is 33.8 Å². The Kier molecular flexibility index (Phi) is 7.01. The SMILES string of the molecule is CC(=O)C[C@@H](c1ccc(OCc2ccc(C=N)c(NC(C)C)c2)cc1)c1ccon1. The lowest BCUT2D eigenvalue weighted by atomic mass is 9.91. The van der Waals surface area contributed by atoms with Gasteiger partial charge in [0.1, 0.15) is 24.4 Å². The molecule has 1 aromatic heterocycles. The molecule has 6 nitrogen and oxygen atoms in total. The second kappa shape index (κ2) is 9.87. The third-order valence-corrected chi connectivity index (χ3v) is 4.71. The van der Waals surface area contributed by atoms with Crippen LogP contribution in [0.5, 0.6) is 5.75 Å². The Bertz CT molecular complexity index is 979. The number of hydrogen-bond acceptors (Lipinski definition) is 6. The van der Waals surface area contributed by atoms with Crippen molar-refractivity contribution >= 4 is 17.7 Å². The lowest BCUT2D eigenvalue weighted by molar-refractivity contribution is -0.117. The summed E-state index contributed by atoms with van der Waals surface area (Å²) in [5.74, 6) is 0.714. The van der Waals surface area contributed by atoms with E-state index in [1.165, 1.54) is 12.5 Å². The van der Waals surface area contributed by atoms with Crippen LogP contribution in [0, 0.1) is 5.41 Å². The topological polar surface area (TPSA) is 88.2 Å². The number of hydrogen-bond donors (Lipinski definition) is 2. The fourth-order valence-corrected chi connectivity index (χ4v) is 3.30. The van der Waals surface area contributed by atoms with E-state index < -0.39 is 0 Å². The molecule has 0 fully saturated rings. The van der Waals surface area contributed by atoms with Crippen LogP contribution in [0.15, 0.2) is 59.3 Å². The quantitative estimate of drug-likeness (QED) is 0.454. The fraction of sp³-hybridized carbons (Fsp3) is 0.292. The first-order valence-corrected chi connectivity index (χ1v) is 9.98. The number of carbonyl (C=O) groups is 1. The Morgan fingerprint density at radius 2 is 1.97 bits per heavy atom. The number of nitrogens with one attached hydrogen (secondary N) is 2. The Morgan fingerprint density at radius 1 is 1.20 bits per heavy atom. The molecule has 2 N–H and O–H groups in total. The van der Waals surface area contributed by atoms with Crippen LogP contribution in [-0.2, 0) is 11.4 Å². The number of carbonyl (C=O) groups excluding carboxylic acids is 1. The highest BCUT2D eigenvalue weighted by Gasteiger charge is 2.19. The van der Waals surface area contributed by atoms with E-state index in [-0.39, 0.29) is 17.7 Å². The summed E-state index contributed by atoms with van der Waals surface area (Å²) >= 11 is 0. The molecule has 6 heteroatoms. The van der Waals surface area contributed by atoms with E-state index >= 15 is 0 Å². The Balaban J connectivity index is 1.70. The van der Waals surface area contributed by atoms with Gasteiger partial charge in [0.15, 0.2) is 0 Å². The number of ketones is 1. The molecule has 2 aromatic carbocycles. The zero-order chi connectivity index (χ0) is 21.5. The lowest BCUT2D eigenvalue weighted by Crippen LogP contribution is -2.12. The number of aromatic nitrogens is 1. The zero-order valence-corrected chi connectivity index (χ0v) is 17.5. The first kappa shape index (κ1) is 21.3. The molecular formula is C24H27N3O3. The number of benzene rings is 2. The minimum atomic E-state index is -0.131. The van der Waals surface area contributed by atoms with Gasteiger partial charge in [-0.2, -0.15) is 0 Å². The summed E-state index contributed by atoms with van der Waals surface area (Å²) in [5.41, 5.74) is 4.53. The van der Waals surface area contributed by atoms with Crippen molar-refractivity contribution in [2.45, 2.75) is 45.8 Å². The van der Waals surface area contributed by atoms with Crippen molar-refractivity contribution in [3.8, 4) is 5.75 Å². The smallest absolute Gasteiger partial charge is 0.130 e. The summed E-state index contributed by atoms with van der Waals surface area (Å²) < 4.78 is 10.9. The Labute approximate surface area is 176 Å². The van der Waals surface area contributed by atoms with E-state index in [2.05, 4.69) is 24.3 Å². The molecule has 3 aromatic rings. The highest BCUT2D eigenvalue weighted by atomic mass is 16.5. The summed E-state index contributed by atoms with van der Waals surface area (Å²) in [6.45, 7) is 6.13. The van der Waals surface area contributed by atoms with E-state index in [4.69, 9.17) is 14.7 Å². The maximum atomic E-state index is 11.7. The summed E-state index contributed by atoms with van der Waals surface area (Å²) in [7, 11) is 0. The molecule has 0 unspecified atom stereocenters. The zero-order valence-electron chi connectivity index (χ0n) is 17.5. The van der Waals surface area contributed by atoms with Crippen LogP contribution in [0.3, 0.4) is 0 Å². The lowest BCUT2D eigenvalue weighted by Gasteiger charge is -2.15. The molecule has 0 aliphatic rings. The predicted octanol–water partition coefficient (Wildman–Crippen LogP) is 5.18. The third kappa shape index (κ3) is 5.56. The number of rotatable bonds is 10. The number of ether oxygens (including phenoxy) is 1. The minimum absolute atomic E-state index is 0.0995. The molecule has 30 heavy (non-hydrogen) atoms. The van der Waals surface area contributed by atoms with E-state index in [1.807, 2.05) is 42.5 Å². The predicted molar refractivity (Wildman–Crippen MR) is 118 cm³/mol. The van der Waals surface area contributed by atoms with E-state index in [9.17, 15) is 4.79 Å². The van der Waals surface area contributed by atoms with Crippen molar-refractivity contribution in [1.29, 1.82) is 5.41 Å². The standard InChI is InChI=1S/C24H27N3O3/c1-16(2)26-24-13-18(4-5-20(24)14-25)15-29-21-8-6-19(7-9-21)22(12-17(3)28)23-10-11-30-27-23/h4-11,13-14,16,22,25-26H,12,15H2,1-3H3/t22-/m0/s1. The molecule has 0 radical (unpaired) electrons. The Hall–Kier alpha value is -3.41. The first-order chi connectivity index (χ1) is 14.5. The summed E-state index contributed by atoms with van der Waals surface area (Å²) in [5, 5.41) is 14.9. The molecule has 0 saturated heterocycles. The van der Waals surface area contributed by atoms with Crippen molar-refractivity contribution in [3.63, 3.8) is 0 Å². The van der Waals surface area contributed by atoms with Gasteiger partial charge in [-0.15, -0.1) is 0 Å². The van der Waals surface area contributed by atoms with E-state index in [1.54, 1.807) is 13.0 Å². The number of anilines is 1. The van der Waals surface area contributed by atoms with Gasteiger partial charge in [-0.3, -0.25) is 4.79 Å². The molecular weight excluding hydrogens is 378 g/mol. The van der Waals surface area contributed by atoms with Gasteiger partial charge < -0.3 is 20.0 Å². The summed E-state index contributed by atoms with van der Waals surface area (Å²) in [4.78, 5) is 11.7. The van der Waals surface area contributed by atoms with Crippen LogP contribution in [-0.4, -0.2) is 23.2 Å². The van der Waals surface area contributed by atoms with Gasteiger partial charge in [0, 0.05) is 41.9 Å². The molecule has 0 amide bonds. The molecule has 1 atom stereocenters. The third-order valence-electron chi connectivity index (χ3n) is 4.71. The minimum Gasteiger partial charge on any atom is -0.489 e. The summed E-state index contributed by atoms with van der Waals surface area (Å²) in [6, 6.07) is 15.7. The molecule has 0 saturated carbocycles. The highest BCUT2D eigenvalue weighted by molar-refractivity contribution is 5.86. The van der Waals surface area contributed by atoms with Crippen LogP contribution in [0.4, 0.5) is 5.69 Å². The molecule has 0 bridgehead atoms. The van der Waals surface area contributed by atoms with Crippen molar-refractivity contribution in [3.05, 3.63) is 77.2 Å². The van der Waals surface area contributed by atoms with Crippen molar-refractivity contribution in [1.82, 2.24) is 5.16 Å². The van der Waals surface area contributed by atoms with Crippen molar-refractivity contribution < 1.29 is 14.1 Å². The van der Waals surface area contributed by atoms with Gasteiger partial charge in [0.2, 0.25) is 0 Å². The van der Waals surface area contributed by atoms with Gasteiger partial charge >= 0.3 is 0 Å². The normalized spacial score (nSPS) is 11.9. The number of nitrogens with zero attached hydrogens (tertiary/aromatic N) is 1. The molecule has 1 heterocycles. The van der Waals surface area contributed by atoms with Crippen LogP contribution < -0.4 is 10.1 Å². The second-order valence-electron chi connectivity index (χ2n) is 7.61. The van der Waals surface area contributed by atoms with Crippen LogP contribution in [0.1, 0.15) is 55.5 Å².